The van der Waals surface area contributed by atoms with Crippen LogP contribution < -0.4 is 0 Å². The van der Waals surface area contributed by atoms with Crippen molar-refractivity contribution in [1.82, 2.24) is 0 Å². The monoisotopic (exact) mass is 570 g/mol. The number of hydrogen-bond donors (Lipinski definition) is 2. The standard InChI is InChI=1S/C35H38O7/c36-35(37)34-33(41-24-29-19-11-4-12-20-29)32(40-23-28-17-9-3-10-18-28)31(39-22-27-15-7-2-8-16-27)30(42-34)25-38-21-26-13-5-1-6-14-26/h1-20,30-37H,21-25H2/t30-,31-,32+,33-,34-/m1/s1. The first-order valence-corrected chi connectivity index (χ1v) is 14.3. The lowest BCUT2D eigenvalue weighted by Gasteiger charge is -2.46. The molecule has 7 nitrogen and oxygen atoms in total. The van der Waals surface area contributed by atoms with Gasteiger partial charge in [0.05, 0.1) is 33.0 Å². The van der Waals surface area contributed by atoms with Crippen molar-refractivity contribution in [2.24, 2.45) is 0 Å². The molecule has 0 spiro atoms. The van der Waals surface area contributed by atoms with Gasteiger partial charge in [-0.15, -0.1) is 0 Å². The first-order valence-electron chi connectivity index (χ1n) is 14.3. The second-order valence-electron chi connectivity index (χ2n) is 10.3. The van der Waals surface area contributed by atoms with Crippen LogP contribution in [0.4, 0.5) is 0 Å². The maximum atomic E-state index is 10.5. The molecule has 0 amide bonds. The normalized spacial score (nSPS) is 22.3. The summed E-state index contributed by atoms with van der Waals surface area (Å²) in [5, 5.41) is 21.0. The molecule has 42 heavy (non-hydrogen) atoms. The fourth-order valence-corrected chi connectivity index (χ4v) is 5.06. The molecule has 1 fully saturated rings. The van der Waals surface area contributed by atoms with E-state index in [1.165, 1.54) is 0 Å². The fraction of sp³-hybridized carbons (Fsp3) is 0.314. The highest BCUT2D eigenvalue weighted by molar-refractivity contribution is 5.16. The summed E-state index contributed by atoms with van der Waals surface area (Å²) in [5.41, 5.74) is 3.94. The van der Waals surface area contributed by atoms with E-state index in [1.807, 2.05) is 121 Å². The molecule has 1 heterocycles. The summed E-state index contributed by atoms with van der Waals surface area (Å²) in [5.74, 6) is 0. The molecule has 0 aliphatic carbocycles. The van der Waals surface area contributed by atoms with Crippen LogP contribution in [0.15, 0.2) is 121 Å². The van der Waals surface area contributed by atoms with Crippen LogP contribution in [0.25, 0.3) is 0 Å². The minimum Gasteiger partial charge on any atom is -0.374 e. The Morgan fingerprint density at radius 2 is 0.881 bits per heavy atom. The summed E-state index contributed by atoms with van der Waals surface area (Å²) in [6, 6.07) is 39.3. The van der Waals surface area contributed by atoms with Gasteiger partial charge < -0.3 is 33.9 Å². The van der Waals surface area contributed by atoms with Crippen LogP contribution in [0.1, 0.15) is 22.3 Å². The number of rotatable bonds is 14. The van der Waals surface area contributed by atoms with Gasteiger partial charge in [-0.3, -0.25) is 0 Å². The number of aliphatic hydroxyl groups excluding tert-OH is 1. The van der Waals surface area contributed by atoms with E-state index in [4.69, 9.17) is 23.7 Å². The molecule has 4 aromatic rings. The molecule has 0 bridgehead atoms. The summed E-state index contributed by atoms with van der Waals surface area (Å²) in [4.78, 5) is 0. The van der Waals surface area contributed by atoms with E-state index in [9.17, 15) is 10.2 Å². The Bertz CT molecular complexity index is 1290. The molecule has 1 saturated heterocycles. The Morgan fingerprint density at radius 1 is 0.500 bits per heavy atom. The highest BCUT2D eigenvalue weighted by Crippen LogP contribution is 2.32. The van der Waals surface area contributed by atoms with Gasteiger partial charge in [0, 0.05) is 0 Å². The summed E-state index contributed by atoms with van der Waals surface area (Å²) in [7, 11) is 0. The van der Waals surface area contributed by atoms with E-state index in [0.29, 0.717) is 13.2 Å². The van der Waals surface area contributed by atoms with Gasteiger partial charge in [0.25, 0.3) is 0 Å². The number of ether oxygens (including phenoxy) is 5. The molecule has 0 aromatic heterocycles. The molecule has 2 N–H and O–H groups in total. The number of aliphatic hydroxyl groups is 2. The zero-order chi connectivity index (χ0) is 29.0. The first-order chi connectivity index (χ1) is 20.7. The average molecular weight is 571 g/mol. The van der Waals surface area contributed by atoms with Crippen LogP contribution in [-0.4, -0.2) is 53.6 Å². The summed E-state index contributed by atoms with van der Waals surface area (Å²) in [6.07, 6.45) is -5.69. The molecule has 7 heteroatoms. The zero-order valence-electron chi connectivity index (χ0n) is 23.5. The van der Waals surface area contributed by atoms with E-state index >= 15 is 0 Å². The van der Waals surface area contributed by atoms with Crippen molar-refractivity contribution in [2.75, 3.05) is 6.61 Å². The van der Waals surface area contributed by atoms with Crippen LogP contribution in [-0.2, 0) is 50.1 Å². The van der Waals surface area contributed by atoms with Gasteiger partial charge >= 0.3 is 0 Å². The Morgan fingerprint density at radius 3 is 1.31 bits per heavy atom. The van der Waals surface area contributed by atoms with E-state index in [0.717, 1.165) is 22.3 Å². The summed E-state index contributed by atoms with van der Waals surface area (Å²) >= 11 is 0. The lowest BCUT2D eigenvalue weighted by molar-refractivity contribution is -0.307. The van der Waals surface area contributed by atoms with Crippen molar-refractivity contribution in [3.8, 4) is 0 Å². The first kappa shape index (κ1) is 30.1. The van der Waals surface area contributed by atoms with E-state index < -0.39 is 36.8 Å². The van der Waals surface area contributed by atoms with Gasteiger partial charge in [-0.2, -0.15) is 0 Å². The van der Waals surface area contributed by atoms with Crippen LogP contribution >= 0.6 is 0 Å². The van der Waals surface area contributed by atoms with Gasteiger partial charge in [-0.05, 0) is 22.3 Å². The molecule has 5 rings (SSSR count). The lowest BCUT2D eigenvalue weighted by atomic mass is 9.93. The van der Waals surface area contributed by atoms with Crippen molar-refractivity contribution in [1.29, 1.82) is 0 Å². The lowest BCUT2D eigenvalue weighted by Crippen LogP contribution is -2.63. The third kappa shape index (κ3) is 8.56. The maximum Gasteiger partial charge on any atom is 0.181 e. The zero-order valence-corrected chi connectivity index (χ0v) is 23.5. The molecule has 0 radical (unpaired) electrons. The van der Waals surface area contributed by atoms with Crippen LogP contribution in [0.3, 0.4) is 0 Å². The second-order valence-corrected chi connectivity index (χ2v) is 10.3. The van der Waals surface area contributed by atoms with Gasteiger partial charge in [-0.1, -0.05) is 121 Å². The van der Waals surface area contributed by atoms with Gasteiger partial charge in [0.1, 0.15) is 30.5 Å². The third-order valence-corrected chi connectivity index (χ3v) is 7.21. The summed E-state index contributed by atoms with van der Waals surface area (Å²) in [6.45, 7) is 1.38. The van der Waals surface area contributed by atoms with Crippen LogP contribution in [0.2, 0.25) is 0 Å². The largest absolute Gasteiger partial charge is 0.374 e. The molecule has 1 aliphatic rings. The predicted octanol–water partition coefficient (Wildman–Crippen LogP) is 5.04. The van der Waals surface area contributed by atoms with Crippen LogP contribution in [0.5, 0.6) is 0 Å². The Kier molecular flexibility index (Phi) is 11.3. The fourth-order valence-electron chi connectivity index (χ4n) is 5.06. The van der Waals surface area contributed by atoms with Crippen molar-refractivity contribution < 1.29 is 33.9 Å². The molecule has 5 atom stereocenters. The van der Waals surface area contributed by atoms with Gasteiger partial charge in [0.15, 0.2) is 6.29 Å². The molecular formula is C35H38O7. The Hall–Kier alpha value is -3.40. The average Bonchev–Trinajstić information content (AvgIpc) is 3.04. The summed E-state index contributed by atoms with van der Waals surface area (Å²) < 4.78 is 31.8. The van der Waals surface area contributed by atoms with Crippen molar-refractivity contribution in [3.63, 3.8) is 0 Å². The van der Waals surface area contributed by atoms with E-state index in [1.54, 1.807) is 0 Å². The third-order valence-electron chi connectivity index (χ3n) is 7.21. The van der Waals surface area contributed by atoms with Crippen molar-refractivity contribution in [3.05, 3.63) is 144 Å². The molecule has 220 valence electrons. The smallest absolute Gasteiger partial charge is 0.181 e. The van der Waals surface area contributed by atoms with Gasteiger partial charge in [0.2, 0.25) is 0 Å². The van der Waals surface area contributed by atoms with E-state index in [2.05, 4.69) is 0 Å². The number of hydrogen-bond acceptors (Lipinski definition) is 7. The number of benzene rings is 4. The van der Waals surface area contributed by atoms with Crippen molar-refractivity contribution >= 4 is 0 Å². The Balaban J connectivity index is 1.41. The molecule has 4 aromatic carbocycles. The highest BCUT2D eigenvalue weighted by atomic mass is 16.6. The molecule has 0 saturated carbocycles. The SMILES string of the molecule is OC(O)[C@@H]1O[C@H](COCc2ccccc2)[C@@H](OCc2ccccc2)[C@H](OCc2ccccc2)[C@H]1OCc1ccccc1. The maximum absolute atomic E-state index is 10.5. The van der Waals surface area contributed by atoms with Gasteiger partial charge in [-0.25, -0.2) is 0 Å². The second kappa shape index (κ2) is 15.7. The quantitative estimate of drug-likeness (QED) is 0.206. The minimum atomic E-state index is -1.81. The molecule has 1 aliphatic heterocycles. The topological polar surface area (TPSA) is 86.6 Å². The van der Waals surface area contributed by atoms with Crippen LogP contribution in [0, 0.1) is 0 Å². The molecular weight excluding hydrogens is 532 g/mol. The highest BCUT2D eigenvalue weighted by Gasteiger charge is 2.50. The molecule has 0 unspecified atom stereocenters. The van der Waals surface area contributed by atoms with Crippen molar-refractivity contribution in [2.45, 2.75) is 63.2 Å². The Labute approximate surface area is 247 Å². The predicted molar refractivity (Wildman–Crippen MR) is 158 cm³/mol. The van der Waals surface area contributed by atoms with E-state index in [-0.39, 0.29) is 19.8 Å². The minimum absolute atomic E-state index is 0.161.